The minimum absolute atomic E-state index is 0.207. The molecule has 0 atom stereocenters. The average molecular weight is 223 g/mol. The molecular weight excluding hydrogens is 198 g/mol. The molecule has 0 aromatic rings. The number of nitrogens with one attached hydrogen (secondary N) is 1. The normalized spacial score (nSPS) is 33.0. The molecule has 1 heterocycles. The van der Waals surface area contributed by atoms with E-state index in [4.69, 9.17) is 4.74 Å². The van der Waals surface area contributed by atoms with Crippen molar-refractivity contribution in [1.82, 2.24) is 5.32 Å². The Morgan fingerprint density at radius 1 is 0.625 bits per heavy atom. The third kappa shape index (κ3) is 2.02. The molecule has 92 valence electrons. The Morgan fingerprint density at radius 3 is 1.56 bits per heavy atom. The van der Waals surface area contributed by atoms with Crippen LogP contribution in [0.3, 0.4) is 0 Å². The average Bonchev–Trinajstić information content (AvgIpc) is 2.60. The van der Waals surface area contributed by atoms with Gasteiger partial charge in [0.05, 0.1) is 11.2 Å². The van der Waals surface area contributed by atoms with Crippen LogP contribution in [0.4, 0.5) is 0 Å². The van der Waals surface area contributed by atoms with Gasteiger partial charge in [0.15, 0.2) is 0 Å². The van der Waals surface area contributed by atoms with Crippen LogP contribution in [-0.4, -0.2) is 24.3 Å². The standard InChI is InChI=1S/C14H25NO/c1-2-4-8-13(7-3-1)11-15-12-14(16-13)9-5-6-10-14/h15H,1-12H2. The van der Waals surface area contributed by atoms with Crippen molar-refractivity contribution < 1.29 is 4.74 Å². The zero-order chi connectivity index (χ0) is 10.9. The molecule has 3 aliphatic rings. The Hall–Kier alpha value is -0.0800. The molecule has 16 heavy (non-hydrogen) atoms. The number of morpholine rings is 1. The molecule has 1 aliphatic heterocycles. The van der Waals surface area contributed by atoms with Crippen LogP contribution < -0.4 is 5.32 Å². The predicted octanol–water partition coefficient (Wildman–Crippen LogP) is 3.01. The first kappa shape index (κ1) is 11.0. The van der Waals surface area contributed by atoms with Crippen molar-refractivity contribution in [1.29, 1.82) is 0 Å². The molecule has 2 aliphatic carbocycles. The van der Waals surface area contributed by atoms with Crippen LogP contribution >= 0.6 is 0 Å². The smallest absolute Gasteiger partial charge is 0.0814 e. The first-order valence-corrected chi connectivity index (χ1v) is 7.24. The second kappa shape index (κ2) is 4.30. The third-order valence-electron chi connectivity index (χ3n) is 4.86. The van der Waals surface area contributed by atoms with Crippen LogP contribution in [0, 0.1) is 0 Å². The van der Waals surface area contributed by atoms with Gasteiger partial charge in [-0.15, -0.1) is 0 Å². The Bertz CT molecular complexity index is 237. The highest BCUT2D eigenvalue weighted by Gasteiger charge is 2.46. The largest absolute Gasteiger partial charge is 0.366 e. The minimum Gasteiger partial charge on any atom is -0.366 e. The lowest BCUT2D eigenvalue weighted by atomic mass is 9.88. The molecule has 1 N–H and O–H groups in total. The summed E-state index contributed by atoms with van der Waals surface area (Å²) in [6, 6.07) is 0. The van der Waals surface area contributed by atoms with E-state index in [-0.39, 0.29) is 11.2 Å². The van der Waals surface area contributed by atoms with Crippen LogP contribution in [0.15, 0.2) is 0 Å². The van der Waals surface area contributed by atoms with Crippen molar-refractivity contribution in [3.05, 3.63) is 0 Å². The predicted molar refractivity (Wildman–Crippen MR) is 65.6 cm³/mol. The van der Waals surface area contributed by atoms with E-state index in [1.165, 1.54) is 64.2 Å². The molecule has 2 heteroatoms. The fourth-order valence-corrected chi connectivity index (χ4v) is 4.00. The molecule has 2 spiro atoms. The number of hydrogen-bond donors (Lipinski definition) is 1. The van der Waals surface area contributed by atoms with E-state index < -0.39 is 0 Å². The quantitative estimate of drug-likeness (QED) is 0.681. The van der Waals surface area contributed by atoms with E-state index in [1.54, 1.807) is 0 Å². The summed E-state index contributed by atoms with van der Waals surface area (Å²) in [6.45, 7) is 2.21. The second-order valence-electron chi connectivity index (χ2n) is 6.19. The maximum Gasteiger partial charge on any atom is 0.0814 e. The summed E-state index contributed by atoms with van der Waals surface area (Å²) in [6.07, 6.45) is 13.5. The summed E-state index contributed by atoms with van der Waals surface area (Å²) in [7, 11) is 0. The lowest BCUT2D eigenvalue weighted by Crippen LogP contribution is -2.59. The van der Waals surface area contributed by atoms with Crippen molar-refractivity contribution in [3.63, 3.8) is 0 Å². The summed E-state index contributed by atoms with van der Waals surface area (Å²) in [5.41, 5.74) is 0.432. The van der Waals surface area contributed by atoms with E-state index in [1.807, 2.05) is 0 Å². The summed E-state index contributed by atoms with van der Waals surface area (Å²) < 4.78 is 6.68. The van der Waals surface area contributed by atoms with Gasteiger partial charge < -0.3 is 10.1 Å². The van der Waals surface area contributed by atoms with E-state index in [2.05, 4.69) is 5.32 Å². The first-order chi connectivity index (χ1) is 7.83. The van der Waals surface area contributed by atoms with E-state index in [0.29, 0.717) is 0 Å². The Labute approximate surface area is 99.1 Å². The number of ether oxygens (including phenoxy) is 1. The fourth-order valence-electron chi connectivity index (χ4n) is 4.00. The molecule has 3 rings (SSSR count). The molecule has 0 aromatic heterocycles. The van der Waals surface area contributed by atoms with Crippen molar-refractivity contribution in [3.8, 4) is 0 Å². The summed E-state index contributed by atoms with van der Waals surface area (Å²) in [5, 5.41) is 3.68. The zero-order valence-electron chi connectivity index (χ0n) is 10.4. The van der Waals surface area contributed by atoms with Crippen molar-refractivity contribution in [2.45, 2.75) is 75.4 Å². The monoisotopic (exact) mass is 223 g/mol. The van der Waals surface area contributed by atoms with Crippen LogP contribution in [0.25, 0.3) is 0 Å². The number of hydrogen-bond acceptors (Lipinski definition) is 2. The molecular formula is C14H25NO. The van der Waals surface area contributed by atoms with Crippen molar-refractivity contribution >= 4 is 0 Å². The molecule has 0 radical (unpaired) electrons. The molecule has 0 aromatic carbocycles. The highest BCUT2D eigenvalue weighted by Crippen LogP contribution is 2.42. The molecule has 3 fully saturated rings. The fraction of sp³-hybridized carbons (Fsp3) is 1.00. The van der Waals surface area contributed by atoms with E-state index >= 15 is 0 Å². The molecule has 0 bridgehead atoms. The van der Waals surface area contributed by atoms with Gasteiger partial charge in [-0.1, -0.05) is 38.5 Å². The highest BCUT2D eigenvalue weighted by molar-refractivity contribution is 4.99. The second-order valence-corrected chi connectivity index (χ2v) is 6.19. The highest BCUT2D eigenvalue weighted by atomic mass is 16.5. The molecule has 1 saturated heterocycles. The topological polar surface area (TPSA) is 21.3 Å². The van der Waals surface area contributed by atoms with Crippen molar-refractivity contribution in [2.24, 2.45) is 0 Å². The van der Waals surface area contributed by atoms with Crippen molar-refractivity contribution in [2.75, 3.05) is 13.1 Å². The lowest BCUT2D eigenvalue weighted by Gasteiger charge is -2.47. The van der Waals surface area contributed by atoms with Gasteiger partial charge in [0.25, 0.3) is 0 Å². The third-order valence-corrected chi connectivity index (χ3v) is 4.86. The first-order valence-electron chi connectivity index (χ1n) is 7.24. The van der Waals surface area contributed by atoms with Gasteiger partial charge in [-0.3, -0.25) is 0 Å². The SMILES string of the molecule is C1CCCC2(CC1)CNCC1(CCCC1)O2. The summed E-state index contributed by atoms with van der Waals surface area (Å²) >= 11 is 0. The van der Waals surface area contributed by atoms with Gasteiger partial charge in [0.2, 0.25) is 0 Å². The maximum atomic E-state index is 6.68. The van der Waals surface area contributed by atoms with E-state index in [9.17, 15) is 0 Å². The number of rotatable bonds is 0. The molecule has 2 saturated carbocycles. The minimum atomic E-state index is 0.207. The van der Waals surface area contributed by atoms with Gasteiger partial charge in [-0.2, -0.15) is 0 Å². The van der Waals surface area contributed by atoms with E-state index in [0.717, 1.165) is 13.1 Å². The summed E-state index contributed by atoms with van der Waals surface area (Å²) in [4.78, 5) is 0. The zero-order valence-corrected chi connectivity index (χ0v) is 10.4. The van der Waals surface area contributed by atoms with Gasteiger partial charge in [-0.25, -0.2) is 0 Å². The maximum absolute atomic E-state index is 6.68. The molecule has 0 amide bonds. The molecule has 2 nitrogen and oxygen atoms in total. The Kier molecular flexibility index (Phi) is 2.97. The Balaban J connectivity index is 1.74. The Morgan fingerprint density at radius 2 is 1.06 bits per heavy atom. The summed E-state index contributed by atoms with van der Waals surface area (Å²) in [5.74, 6) is 0. The van der Waals surface area contributed by atoms with Gasteiger partial charge >= 0.3 is 0 Å². The van der Waals surface area contributed by atoms with Crippen LogP contribution in [0.1, 0.15) is 64.2 Å². The lowest BCUT2D eigenvalue weighted by molar-refractivity contribution is -0.181. The van der Waals surface area contributed by atoms with Crippen LogP contribution in [0.2, 0.25) is 0 Å². The van der Waals surface area contributed by atoms with Gasteiger partial charge in [-0.05, 0) is 25.7 Å². The van der Waals surface area contributed by atoms with Gasteiger partial charge in [0.1, 0.15) is 0 Å². The van der Waals surface area contributed by atoms with Gasteiger partial charge in [0, 0.05) is 13.1 Å². The van der Waals surface area contributed by atoms with Crippen LogP contribution in [0.5, 0.6) is 0 Å². The molecule has 0 unspecified atom stereocenters. The van der Waals surface area contributed by atoms with Crippen LogP contribution in [-0.2, 0) is 4.74 Å².